The molecule has 7 fully saturated rings. The molecule has 3 amide bonds. The number of amides is 3. The molecular weight excluding hydrogens is 1530 g/mol. The first-order chi connectivity index (χ1) is 56.4. The lowest BCUT2D eigenvalue weighted by molar-refractivity contribution is -0.149. The molecule has 117 heavy (non-hydrogen) atoms. The molecule has 12 heterocycles. The van der Waals surface area contributed by atoms with Crippen LogP contribution >= 0.6 is 34.8 Å². The first kappa shape index (κ1) is 75.7. The van der Waals surface area contributed by atoms with Crippen molar-refractivity contribution in [2.75, 3.05) is 58.9 Å². The number of aryl methyl sites for hydroxylation is 4. The lowest BCUT2D eigenvalue weighted by Gasteiger charge is -2.58. The highest BCUT2D eigenvalue weighted by molar-refractivity contribution is 6.37. The molecule has 0 unspecified atom stereocenters. The molecule has 7 aliphatic rings. The number of carbonyl (C=O) groups excluding carboxylic acids is 3. The molecule has 3 aliphatic carbocycles. The van der Waals surface area contributed by atoms with Gasteiger partial charge in [-0.3, -0.25) is 58.0 Å². The molecule has 21 rings (SSSR count). The van der Waals surface area contributed by atoms with Gasteiger partial charge in [-0.05, 0) is 164 Å². The van der Waals surface area contributed by atoms with E-state index in [0.29, 0.717) is 35.6 Å². The number of rotatable bonds is 15. The van der Waals surface area contributed by atoms with E-state index in [1.807, 2.05) is 119 Å². The van der Waals surface area contributed by atoms with Crippen LogP contribution in [0.1, 0.15) is 96.8 Å². The largest absolute Gasteiger partial charge is 0.338 e. The standard InChI is InChI=1S/C34H36ClFN8O.C29H28ClN7O.C27H26ClN5O/c1-4-29(45)42-18-34(19-42)13-25(14-34)44-21(3)30(31-26-16-37-39-27(26)11-20(2)32(31)35)33(40-44)22-5-6-28-23(12-22)15-38-43(28)10-9-41-8-7-24(36)17-41;1-5-24(38)36-14-29(15-36)10-20(11-29)37-17(3)25(26-21-13-31-33-22(21)8-16(2)27(26)30)28(34-37)18-6-7-23-19(9-18)12-32-35(23)4;1-4-22(34)32-14-27(15-32)11-19(12-27)33-17(3)23(26(31-33)18-8-6-5-7-9-18)24-20-13-29-30-21(20)10-16(2)25(24)28/h4-6,11-12,15-16,24-25H,1,7-10,13-14,17-19H2,2-3H3,(H,37,39);5-9,12-13,20H,1,10-11,14-15H2,2-4H3,(H,31,33);4-10,13,19H,1,11-12,14-15H2,2-3H3,(H,29,30)/t24-;;/m0../s1. The van der Waals surface area contributed by atoms with Crippen molar-refractivity contribution < 1.29 is 18.8 Å². The molecule has 3 saturated carbocycles. The summed E-state index contributed by atoms with van der Waals surface area (Å²) in [5.41, 5.74) is 23.5. The summed E-state index contributed by atoms with van der Waals surface area (Å²) >= 11 is 21.1. The van der Waals surface area contributed by atoms with Crippen LogP contribution in [0.5, 0.6) is 0 Å². The number of nitrogens with one attached hydrogen (secondary N) is 3. The van der Waals surface area contributed by atoms with Crippen LogP contribution in [0.25, 0.3) is 122 Å². The maximum absolute atomic E-state index is 13.7. The van der Waals surface area contributed by atoms with Crippen molar-refractivity contribution in [3.05, 3.63) is 203 Å². The zero-order chi connectivity index (χ0) is 81.0. The molecule has 0 radical (unpaired) electrons. The molecule has 8 aromatic heterocycles. The van der Waals surface area contributed by atoms with Crippen molar-refractivity contribution in [1.82, 2.24) is 99.1 Å². The lowest BCUT2D eigenvalue weighted by Crippen LogP contribution is -2.63. The zero-order valence-corrected chi connectivity index (χ0v) is 68.8. The van der Waals surface area contributed by atoms with Crippen LogP contribution in [-0.2, 0) is 28.0 Å². The van der Waals surface area contributed by atoms with Gasteiger partial charge in [0.1, 0.15) is 23.3 Å². The van der Waals surface area contributed by atoms with E-state index < -0.39 is 6.17 Å². The number of H-pyrrole nitrogens is 3. The van der Waals surface area contributed by atoms with Gasteiger partial charge < -0.3 is 14.7 Å². The molecule has 4 aliphatic heterocycles. The second-order valence-corrected chi connectivity index (χ2v) is 35.2. The number of halogens is 4. The molecular formula is C90H90Cl3FN20O3. The summed E-state index contributed by atoms with van der Waals surface area (Å²) < 4.78 is 24.1. The van der Waals surface area contributed by atoms with Gasteiger partial charge in [0.2, 0.25) is 17.7 Å². The van der Waals surface area contributed by atoms with E-state index in [-0.39, 0.29) is 46.1 Å². The maximum Gasteiger partial charge on any atom is 0.245 e. The highest BCUT2D eigenvalue weighted by atomic mass is 35.5. The summed E-state index contributed by atoms with van der Waals surface area (Å²) in [6.45, 7) is 30.9. The van der Waals surface area contributed by atoms with E-state index in [1.165, 1.54) is 18.2 Å². The van der Waals surface area contributed by atoms with Crippen LogP contribution in [0.4, 0.5) is 4.39 Å². The zero-order valence-electron chi connectivity index (χ0n) is 66.5. The average Bonchev–Trinajstić information content (AvgIpc) is 1.44. The Labute approximate surface area is 690 Å². The Bertz CT molecular complexity index is 6400. The molecule has 3 N–H and O–H groups in total. The number of nitrogens with zero attached hydrogens (tertiary/aromatic N) is 17. The third-order valence-electron chi connectivity index (χ3n) is 26.3. The van der Waals surface area contributed by atoms with E-state index in [0.717, 1.165) is 251 Å². The minimum absolute atomic E-state index is 0.00490. The Morgan fingerprint density at radius 1 is 0.479 bits per heavy atom. The smallest absolute Gasteiger partial charge is 0.245 e. The van der Waals surface area contributed by atoms with E-state index in [2.05, 4.69) is 149 Å². The lowest BCUT2D eigenvalue weighted by atomic mass is 9.60. The fourth-order valence-electron chi connectivity index (χ4n) is 20.3. The monoisotopic (exact) mass is 1620 g/mol. The summed E-state index contributed by atoms with van der Waals surface area (Å²) in [5.74, 6) is 0.0458. The molecule has 14 aromatic rings. The minimum atomic E-state index is -0.722. The number of likely N-dealkylation sites (tertiary alicyclic amines) is 4. The van der Waals surface area contributed by atoms with Crippen molar-refractivity contribution in [2.24, 2.45) is 23.3 Å². The van der Waals surface area contributed by atoms with Crippen molar-refractivity contribution in [2.45, 2.75) is 117 Å². The van der Waals surface area contributed by atoms with Gasteiger partial charge in [0.15, 0.2) is 0 Å². The van der Waals surface area contributed by atoms with Gasteiger partial charge in [-0.15, -0.1) is 0 Å². The summed E-state index contributed by atoms with van der Waals surface area (Å²) in [5, 5.41) is 54.3. The van der Waals surface area contributed by atoms with Crippen LogP contribution in [0.15, 0.2) is 154 Å². The van der Waals surface area contributed by atoms with Gasteiger partial charge in [0, 0.05) is 176 Å². The second kappa shape index (κ2) is 28.8. The van der Waals surface area contributed by atoms with Gasteiger partial charge in [-0.2, -0.15) is 40.8 Å². The fraction of sp³-hybridized carbons (Fsp3) is 0.344. The van der Waals surface area contributed by atoms with Crippen molar-refractivity contribution in [1.29, 1.82) is 0 Å². The maximum atomic E-state index is 13.7. The Balaban J connectivity index is 0.000000118. The SMILES string of the molecule is C=CC(=O)N1CC2(CC(n3nc(-c4ccc5c(cnn5C)c4)c(-c4c(Cl)c(C)cc5[nH]ncc45)c3C)C2)C1.C=CC(=O)N1CC2(CC(n3nc(-c4ccc5c(cnn5CCN5CC[C@H](F)C5)c4)c(-c4c(Cl)c(C)cc5[nH]ncc45)c3C)C2)C1.C=CC(=O)N1CC2(CC(n3nc(-c4ccccc4)c(-c4c(Cl)c(C)cc5[nH]ncc45)c3C)C2)C1. The summed E-state index contributed by atoms with van der Waals surface area (Å²) in [6.07, 6.45) is 19.4. The second-order valence-electron chi connectivity index (χ2n) is 34.0. The molecule has 4 saturated heterocycles. The average molecular weight is 1630 g/mol. The number of carbonyl (C=O) groups is 3. The highest BCUT2D eigenvalue weighted by Crippen LogP contribution is 2.59. The molecule has 3 spiro atoms. The number of benzene rings is 6. The first-order valence-electron chi connectivity index (χ1n) is 40.1. The third kappa shape index (κ3) is 12.7. The molecule has 1 atom stereocenters. The van der Waals surface area contributed by atoms with Gasteiger partial charge in [-0.25, -0.2) is 4.39 Å². The van der Waals surface area contributed by atoms with E-state index >= 15 is 0 Å². The molecule has 6 aromatic carbocycles. The number of hydrogen-bond acceptors (Lipinski definition) is 12. The molecule has 27 heteroatoms. The Kier molecular flexibility index (Phi) is 18.6. The van der Waals surface area contributed by atoms with Crippen molar-refractivity contribution in [3.63, 3.8) is 0 Å². The molecule has 596 valence electrons. The molecule has 0 bridgehead atoms. The molecule has 23 nitrogen and oxygen atoms in total. The van der Waals surface area contributed by atoms with E-state index in [9.17, 15) is 18.8 Å². The summed E-state index contributed by atoms with van der Waals surface area (Å²) in [4.78, 5) is 43.8. The van der Waals surface area contributed by atoms with Crippen LogP contribution in [-0.4, -0.2) is 182 Å². The van der Waals surface area contributed by atoms with Crippen LogP contribution in [0.2, 0.25) is 15.1 Å². The number of fused-ring (bicyclic) bond motifs is 5. The van der Waals surface area contributed by atoms with Crippen LogP contribution in [0.3, 0.4) is 0 Å². The Morgan fingerprint density at radius 2 is 0.855 bits per heavy atom. The number of alkyl halides is 1. The van der Waals surface area contributed by atoms with E-state index in [1.54, 1.807) is 0 Å². The van der Waals surface area contributed by atoms with E-state index in [4.69, 9.17) is 50.1 Å². The summed E-state index contributed by atoms with van der Waals surface area (Å²) in [6, 6.07) is 30.0. The highest BCUT2D eigenvalue weighted by Gasteiger charge is 2.57. The fourth-order valence-corrected chi connectivity index (χ4v) is 21.0. The minimum Gasteiger partial charge on any atom is -0.338 e. The van der Waals surface area contributed by atoms with Gasteiger partial charge in [0.05, 0.1) is 98.3 Å². The normalized spacial score (nSPS) is 18.1. The quantitative estimate of drug-likeness (QED) is 0.0812. The van der Waals surface area contributed by atoms with Gasteiger partial charge in [-0.1, -0.05) is 97.0 Å². The Morgan fingerprint density at radius 3 is 1.24 bits per heavy atom. The first-order valence-corrected chi connectivity index (χ1v) is 41.2. The topological polar surface area (TPSA) is 239 Å². The number of aromatic amines is 3. The third-order valence-corrected chi connectivity index (χ3v) is 27.7. The van der Waals surface area contributed by atoms with Crippen molar-refractivity contribution in [3.8, 4) is 67.2 Å². The Hall–Kier alpha value is -11.3. The predicted octanol–water partition coefficient (Wildman–Crippen LogP) is 17.4. The van der Waals surface area contributed by atoms with Gasteiger partial charge in [0.25, 0.3) is 0 Å². The number of hydrogen-bond donors (Lipinski definition) is 3. The number of aromatic nitrogens is 16. The summed E-state index contributed by atoms with van der Waals surface area (Å²) in [7, 11) is 1.95. The predicted molar refractivity (Wildman–Crippen MR) is 458 cm³/mol. The van der Waals surface area contributed by atoms with Crippen LogP contribution < -0.4 is 0 Å². The van der Waals surface area contributed by atoms with Crippen LogP contribution in [0, 0.1) is 57.8 Å². The van der Waals surface area contributed by atoms with Gasteiger partial charge >= 0.3 is 0 Å². The van der Waals surface area contributed by atoms with Crippen molar-refractivity contribution >= 4 is 107 Å².